The van der Waals surface area contributed by atoms with Crippen LogP contribution in [0.25, 0.3) is 56.1 Å². The van der Waals surface area contributed by atoms with Crippen LogP contribution in [-0.2, 0) is 4.79 Å². The molecule has 5 heterocycles. The first kappa shape index (κ1) is 25.8. The molecule has 1 saturated carbocycles. The number of carbonyl (C=O) groups is 1. The number of fused-ring (bicyclic) bond motifs is 2. The number of hydrogen-bond acceptors (Lipinski definition) is 6. The second-order valence-corrected chi connectivity index (χ2v) is 11.8. The molecule has 9 nitrogen and oxygen atoms in total. The van der Waals surface area contributed by atoms with Crippen molar-refractivity contribution in [2.75, 3.05) is 5.32 Å². The van der Waals surface area contributed by atoms with Crippen LogP contribution in [0.5, 0.6) is 0 Å². The summed E-state index contributed by atoms with van der Waals surface area (Å²) in [5, 5.41) is 10.8. The Hall–Kier alpha value is -4.19. The minimum Gasteiger partial charge on any atom is -0.335 e. The highest BCUT2D eigenvalue weighted by Crippen LogP contribution is 2.32. The third-order valence-electron chi connectivity index (χ3n) is 7.64. The Bertz CT molecular complexity index is 1870. The zero-order valence-corrected chi connectivity index (χ0v) is 24.4. The Labute approximate surface area is 249 Å². The molecule has 6 aromatic rings. The van der Waals surface area contributed by atoms with Crippen molar-refractivity contribution in [3.05, 3.63) is 70.7 Å². The lowest BCUT2D eigenvalue weighted by Crippen LogP contribution is -2.18. The number of benzene rings is 1. The molecule has 1 aromatic carbocycles. The molecule has 0 aliphatic heterocycles. The summed E-state index contributed by atoms with van der Waals surface area (Å²) in [4.78, 5) is 34.9. The Morgan fingerprint density at radius 2 is 1.85 bits per heavy atom. The summed E-state index contributed by atoms with van der Waals surface area (Å²) < 4.78 is 1.02. The van der Waals surface area contributed by atoms with Crippen LogP contribution in [0, 0.1) is 9.49 Å². The minimum absolute atomic E-state index is 0.0785. The molecule has 10 heteroatoms. The van der Waals surface area contributed by atoms with Crippen LogP contribution >= 0.6 is 22.6 Å². The normalized spacial score (nSPS) is 14.1. The molecule has 5 aromatic heterocycles. The van der Waals surface area contributed by atoms with Crippen LogP contribution in [0.2, 0.25) is 0 Å². The number of anilines is 1. The van der Waals surface area contributed by atoms with Gasteiger partial charge >= 0.3 is 0 Å². The molecule has 0 bridgehead atoms. The highest BCUT2D eigenvalue weighted by molar-refractivity contribution is 14.1. The predicted octanol–water partition coefficient (Wildman–Crippen LogP) is 7.14. The highest BCUT2D eigenvalue weighted by Gasteiger charge is 2.19. The molecular formula is C31H27IN8O. The first-order valence-corrected chi connectivity index (χ1v) is 14.9. The highest BCUT2D eigenvalue weighted by atomic mass is 127. The van der Waals surface area contributed by atoms with Crippen molar-refractivity contribution in [3.63, 3.8) is 0 Å². The number of carbonyl (C=O) groups excluding carboxylic acids is 1. The summed E-state index contributed by atoms with van der Waals surface area (Å²) in [7, 11) is 0. The second kappa shape index (κ2) is 11.0. The Kier molecular flexibility index (Phi) is 6.91. The van der Waals surface area contributed by atoms with E-state index >= 15 is 0 Å². The smallest absolute Gasteiger partial charge is 0.224 e. The fourth-order valence-electron chi connectivity index (χ4n) is 5.65. The molecule has 0 atom stereocenters. The van der Waals surface area contributed by atoms with Gasteiger partial charge in [-0.25, -0.2) is 9.97 Å². The number of imidazole rings is 1. The molecule has 1 fully saturated rings. The number of H-pyrrole nitrogens is 2. The van der Waals surface area contributed by atoms with Gasteiger partial charge in [0.15, 0.2) is 11.5 Å². The Morgan fingerprint density at radius 1 is 0.951 bits per heavy atom. The fraction of sp³-hybridized carbons (Fsp3) is 0.226. The summed E-state index contributed by atoms with van der Waals surface area (Å²) in [6.45, 7) is 0. The number of halogens is 1. The summed E-state index contributed by atoms with van der Waals surface area (Å²) in [5.41, 5.74) is 7.83. The molecule has 41 heavy (non-hydrogen) atoms. The van der Waals surface area contributed by atoms with Gasteiger partial charge in [-0.2, -0.15) is 5.10 Å². The van der Waals surface area contributed by atoms with Crippen LogP contribution in [0.4, 0.5) is 5.69 Å². The first-order chi connectivity index (χ1) is 20.1. The molecule has 3 N–H and O–H groups in total. The van der Waals surface area contributed by atoms with Crippen LogP contribution in [0.1, 0.15) is 38.5 Å². The summed E-state index contributed by atoms with van der Waals surface area (Å²) in [6.07, 6.45) is 11.9. The van der Waals surface area contributed by atoms with Crippen molar-refractivity contribution < 1.29 is 4.79 Å². The molecule has 0 radical (unpaired) electrons. The first-order valence-electron chi connectivity index (χ1n) is 13.8. The van der Waals surface area contributed by atoms with Crippen molar-refractivity contribution in [1.29, 1.82) is 0 Å². The van der Waals surface area contributed by atoms with E-state index in [0.29, 0.717) is 29.4 Å². The second-order valence-electron chi connectivity index (χ2n) is 10.5. The van der Waals surface area contributed by atoms with Gasteiger partial charge in [0.05, 0.1) is 28.6 Å². The number of rotatable bonds is 6. The third kappa shape index (κ3) is 5.31. The van der Waals surface area contributed by atoms with E-state index in [4.69, 9.17) is 9.97 Å². The van der Waals surface area contributed by atoms with E-state index in [0.717, 1.165) is 61.2 Å². The average Bonchev–Trinajstić information content (AvgIpc) is 3.61. The lowest BCUT2D eigenvalue weighted by molar-refractivity contribution is -0.117. The molecule has 1 amide bonds. The maximum Gasteiger partial charge on any atom is 0.224 e. The van der Waals surface area contributed by atoms with Crippen molar-refractivity contribution in [2.24, 2.45) is 5.92 Å². The van der Waals surface area contributed by atoms with Gasteiger partial charge in [-0.1, -0.05) is 25.3 Å². The molecule has 7 rings (SSSR count). The minimum atomic E-state index is 0.0785. The van der Waals surface area contributed by atoms with E-state index in [1.54, 1.807) is 18.6 Å². The lowest BCUT2D eigenvalue weighted by atomic mass is 9.87. The topological polar surface area (TPSA) is 125 Å². The van der Waals surface area contributed by atoms with Gasteiger partial charge in [0, 0.05) is 39.2 Å². The molecule has 0 spiro atoms. The lowest BCUT2D eigenvalue weighted by Gasteiger charge is -2.21. The Morgan fingerprint density at radius 3 is 2.71 bits per heavy atom. The van der Waals surface area contributed by atoms with Gasteiger partial charge < -0.3 is 10.3 Å². The molecule has 204 valence electrons. The maximum atomic E-state index is 12.8. The van der Waals surface area contributed by atoms with E-state index in [2.05, 4.69) is 59.1 Å². The van der Waals surface area contributed by atoms with Crippen LogP contribution in [0.3, 0.4) is 0 Å². The molecule has 0 saturated heterocycles. The standard InChI is InChI=1S/C31H27IN8O/c32-20-13-19(14-21(15-20)35-27(41)12-18-6-2-1-3-7-18)23-9-10-25-29(36-23)30(40-39-25)31-37-26-17-33-16-22(28(26)38-31)24-8-4-5-11-34-24/h4-5,8-11,13-18H,1-3,6-7,12H2,(H,35,41)(H,37,38)(H,39,40). The average molecular weight is 655 g/mol. The van der Waals surface area contributed by atoms with Crippen LogP contribution in [0.15, 0.2) is 67.1 Å². The fourth-order valence-corrected chi connectivity index (χ4v) is 6.33. The van der Waals surface area contributed by atoms with E-state index in [1.165, 1.54) is 19.3 Å². The van der Waals surface area contributed by atoms with Gasteiger partial charge in [-0.3, -0.25) is 19.9 Å². The molecule has 1 aliphatic carbocycles. The molecule has 1 aliphatic rings. The zero-order valence-electron chi connectivity index (χ0n) is 22.2. The number of nitrogens with one attached hydrogen (secondary N) is 3. The number of pyridine rings is 3. The van der Waals surface area contributed by atoms with Gasteiger partial charge in [-0.05, 0) is 83.8 Å². The van der Waals surface area contributed by atoms with Crippen molar-refractivity contribution >= 4 is 56.3 Å². The van der Waals surface area contributed by atoms with E-state index in [-0.39, 0.29) is 5.91 Å². The summed E-state index contributed by atoms with van der Waals surface area (Å²) in [6, 6.07) is 15.7. The number of hydrogen-bond donors (Lipinski definition) is 3. The van der Waals surface area contributed by atoms with Gasteiger partial charge in [0.25, 0.3) is 0 Å². The maximum absolute atomic E-state index is 12.8. The van der Waals surface area contributed by atoms with Gasteiger partial charge in [0.1, 0.15) is 11.0 Å². The summed E-state index contributed by atoms with van der Waals surface area (Å²) >= 11 is 2.28. The molecular weight excluding hydrogens is 627 g/mol. The largest absolute Gasteiger partial charge is 0.335 e. The zero-order chi connectivity index (χ0) is 27.8. The number of aromatic amines is 2. The van der Waals surface area contributed by atoms with Crippen LogP contribution in [-0.4, -0.2) is 41.0 Å². The van der Waals surface area contributed by atoms with Crippen molar-refractivity contribution in [3.8, 4) is 34.0 Å². The van der Waals surface area contributed by atoms with Crippen molar-refractivity contribution in [1.82, 2.24) is 35.1 Å². The van der Waals surface area contributed by atoms with E-state index in [1.807, 2.05) is 42.5 Å². The van der Waals surface area contributed by atoms with Gasteiger partial charge in [-0.15, -0.1) is 0 Å². The SMILES string of the molecule is O=C(CC1CCCCC1)Nc1cc(I)cc(-c2ccc3[nH]nc(-c4nc5c(-c6ccccn6)cncc5[nH]4)c3n2)c1. The quantitative estimate of drug-likeness (QED) is 0.164. The van der Waals surface area contributed by atoms with Crippen LogP contribution < -0.4 is 5.32 Å². The molecule has 0 unspecified atom stereocenters. The third-order valence-corrected chi connectivity index (χ3v) is 8.27. The summed E-state index contributed by atoms with van der Waals surface area (Å²) in [5.74, 6) is 1.16. The number of aromatic nitrogens is 7. The van der Waals surface area contributed by atoms with E-state index < -0.39 is 0 Å². The van der Waals surface area contributed by atoms with E-state index in [9.17, 15) is 4.79 Å². The Balaban J connectivity index is 1.21. The predicted molar refractivity (Wildman–Crippen MR) is 168 cm³/mol. The number of amides is 1. The van der Waals surface area contributed by atoms with Crippen molar-refractivity contribution in [2.45, 2.75) is 38.5 Å². The van der Waals surface area contributed by atoms with Gasteiger partial charge in [0.2, 0.25) is 5.91 Å². The number of nitrogens with zero attached hydrogens (tertiary/aromatic N) is 5. The monoisotopic (exact) mass is 654 g/mol.